The van der Waals surface area contributed by atoms with E-state index in [1.807, 2.05) is 0 Å². The highest BCUT2D eigenvalue weighted by Crippen LogP contribution is 2.27. The van der Waals surface area contributed by atoms with Crippen LogP contribution in [0.4, 0.5) is 5.69 Å². The summed E-state index contributed by atoms with van der Waals surface area (Å²) in [7, 11) is -4.40. The molecule has 0 aromatic heterocycles. The quantitative estimate of drug-likeness (QED) is 0.383. The van der Waals surface area contributed by atoms with Gasteiger partial charge in [0.1, 0.15) is 10.7 Å². The summed E-state index contributed by atoms with van der Waals surface area (Å²) < 4.78 is 31.0. The number of alkyl halides is 1. The monoisotopic (exact) mass is 282 g/mol. The largest absolute Gasteiger partial charge is 0.386 e. The molecule has 0 fully saturated rings. The molecule has 0 saturated carbocycles. The predicted molar refractivity (Wildman–Crippen MR) is 63.3 cm³/mol. The molecule has 0 unspecified atom stereocenters. The van der Waals surface area contributed by atoms with Crippen LogP contribution in [0, 0.1) is 0 Å². The number of nitrogens with two attached hydrogens (primary N) is 1. The smallest absolute Gasteiger partial charge is 0.296 e. The van der Waals surface area contributed by atoms with E-state index in [1.165, 1.54) is 12.1 Å². The third-order valence-corrected chi connectivity index (χ3v) is 2.99. The van der Waals surface area contributed by atoms with Crippen molar-refractivity contribution in [3.05, 3.63) is 23.2 Å². The van der Waals surface area contributed by atoms with Crippen LogP contribution >= 0.6 is 23.2 Å². The Bertz CT molecular complexity index is 528. The molecule has 0 aliphatic carbocycles. The number of rotatable bonds is 3. The summed E-state index contributed by atoms with van der Waals surface area (Å²) in [5.74, 6) is -0.0121. The van der Waals surface area contributed by atoms with Crippen LogP contribution in [0.2, 0.25) is 5.02 Å². The average molecular weight is 283 g/mol. The molecule has 3 N–H and O–H groups in total. The third-order valence-electron chi connectivity index (χ3n) is 1.60. The minimum absolute atomic E-state index is 0.00921. The number of halogens is 2. The maximum Gasteiger partial charge on any atom is 0.296 e. The molecule has 8 heteroatoms. The molecule has 1 aromatic carbocycles. The highest BCUT2D eigenvalue weighted by atomic mass is 35.5. The Morgan fingerprint density at radius 2 is 2.12 bits per heavy atom. The van der Waals surface area contributed by atoms with Crippen molar-refractivity contribution < 1.29 is 13.0 Å². The van der Waals surface area contributed by atoms with Crippen molar-refractivity contribution in [2.75, 3.05) is 5.88 Å². The second-order valence-corrected chi connectivity index (χ2v) is 4.92. The topological polar surface area (TPSA) is 92.8 Å². The third kappa shape index (κ3) is 3.34. The lowest BCUT2D eigenvalue weighted by molar-refractivity contribution is 0.483. The van der Waals surface area contributed by atoms with Gasteiger partial charge in [-0.1, -0.05) is 11.6 Å². The molecule has 0 spiro atoms. The first-order chi connectivity index (χ1) is 7.34. The molecular formula is C8H8Cl2N2O3S. The zero-order chi connectivity index (χ0) is 12.3. The maximum atomic E-state index is 11.0. The van der Waals surface area contributed by atoms with E-state index >= 15 is 0 Å². The van der Waals surface area contributed by atoms with Crippen LogP contribution in [0.3, 0.4) is 0 Å². The molecule has 0 aliphatic heterocycles. The van der Waals surface area contributed by atoms with E-state index < -0.39 is 15.0 Å². The normalized spacial score (nSPS) is 12.8. The molecule has 88 valence electrons. The Kier molecular flexibility index (Phi) is 4.15. The minimum atomic E-state index is -4.40. The van der Waals surface area contributed by atoms with Gasteiger partial charge in [-0.15, -0.1) is 11.6 Å². The van der Waals surface area contributed by atoms with E-state index in [-0.39, 0.29) is 22.4 Å². The Labute approximate surface area is 103 Å². The Morgan fingerprint density at radius 1 is 1.50 bits per heavy atom. The van der Waals surface area contributed by atoms with Crippen LogP contribution in [0.25, 0.3) is 0 Å². The predicted octanol–water partition coefficient (Wildman–Crippen LogP) is 1.81. The highest BCUT2D eigenvalue weighted by Gasteiger charge is 2.15. The first kappa shape index (κ1) is 13.2. The Hall–Kier alpha value is -0.820. The van der Waals surface area contributed by atoms with Gasteiger partial charge in [-0.25, -0.2) is 4.99 Å². The average Bonchev–Trinajstić information content (AvgIpc) is 2.19. The van der Waals surface area contributed by atoms with Crippen molar-refractivity contribution in [3.63, 3.8) is 0 Å². The summed E-state index contributed by atoms with van der Waals surface area (Å²) in [6.07, 6.45) is 0. The van der Waals surface area contributed by atoms with Crippen LogP contribution in [0.15, 0.2) is 28.1 Å². The second-order valence-electron chi connectivity index (χ2n) is 2.82. The lowest BCUT2D eigenvalue weighted by Gasteiger charge is -2.03. The number of amidine groups is 1. The Balaban J connectivity index is 3.41. The fourth-order valence-corrected chi connectivity index (χ4v) is 1.92. The number of hydrogen-bond donors (Lipinski definition) is 2. The summed E-state index contributed by atoms with van der Waals surface area (Å²) >= 11 is 11.0. The van der Waals surface area contributed by atoms with Gasteiger partial charge in [-0.2, -0.15) is 8.42 Å². The molecule has 0 heterocycles. The highest BCUT2D eigenvalue weighted by molar-refractivity contribution is 7.86. The molecule has 0 saturated heterocycles. The van der Waals surface area contributed by atoms with Crippen molar-refractivity contribution in [1.82, 2.24) is 0 Å². The minimum Gasteiger partial charge on any atom is -0.386 e. The maximum absolute atomic E-state index is 11.0. The number of aliphatic imine (C=N–C) groups is 1. The zero-order valence-corrected chi connectivity index (χ0v) is 10.2. The van der Waals surface area contributed by atoms with Crippen LogP contribution in [-0.4, -0.2) is 24.7 Å². The summed E-state index contributed by atoms with van der Waals surface area (Å²) in [4.78, 5) is 3.34. The lowest BCUT2D eigenvalue weighted by atomic mass is 10.3. The molecule has 0 bridgehead atoms. The number of nitrogens with zero attached hydrogens (tertiary/aromatic N) is 1. The molecular weight excluding hydrogens is 275 g/mol. The lowest BCUT2D eigenvalue weighted by Crippen LogP contribution is -2.12. The van der Waals surface area contributed by atoms with Crippen molar-refractivity contribution in [1.29, 1.82) is 0 Å². The van der Waals surface area contributed by atoms with Crippen molar-refractivity contribution in [2.45, 2.75) is 4.90 Å². The van der Waals surface area contributed by atoms with Gasteiger partial charge >= 0.3 is 0 Å². The van der Waals surface area contributed by atoms with Crippen LogP contribution in [0.5, 0.6) is 0 Å². The number of benzene rings is 1. The summed E-state index contributed by atoms with van der Waals surface area (Å²) in [5, 5.41) is 0.163. The van der Waals surface area contributed by atoms with E-state index in [4.69, 9.17) is 33.5 Å². The second kappa shape index (κ2) is 5.01. The van der Waals surface area contributed by atoms with Gasteiger partial charge < -0.3 is 5.73 Å². The van der Waals surface area contributed by atoms with Gasteiger partial charge in [0.05, 0.1) is 11.6 Å². The fraction of sp³-hybridized carbons (Fsp3) is 0.125. The standard InChI is InChI=1S/C8H8Cl2N2O3S/c9-4-8(11)12-6-2-1-5(10)3-7(6)16(13,14)15/h1-3H,4H2,(H2,11,12)(H,13,14,15). The zero-order valence-electron chi connectivity index (χ0n) is 7.89. The Morgan fingerprint density at radius 3 is 2.62 bits per heavy atom. The van der Waals surface area contributed by atoms with E-state index in [0.717, 1.165) is 6.07 Å². The van der Waals surface area contributed by atoms with Gasteiger partial charge in [0.2, 0.25) is 0 Å². The molecule has 0 radical (unpaired) electrons. The molecule has 1 rings (SSSR count). The van der Waals surface area contributed by atoms with Gasteiger partial charge in [-0.05, 0) is 18.2 Å². The summed E-state index contributed by atoms with van der Waals surface area (Å²) in [6.45, 7) is 0. The number of hydrogen-bond acceptors (Lipinski definition) is 3. The van der Waals surface area contributed by atoms with Crippen LogP contribution in [-0.2, 0) is 10.1 Å². The molecule has 16 heavy (non-hydrogen) atoms. The first-order valence-electron chi connectivity index (χ1n) is 4.00. The van der Waals surface area contributed by atoms with E-state index in [9.17, 15) is 8.42 Å². The van der Waals surface area contributed by atoms with E-state index in [1.54, 1.807) is 0 Å². The molecule has 1 aromatic rings. The van der Waals surface area contributed by atoms with Crippen molar-refractivity contribution in [3.8, 4) is 0 Å². The fourth-order valence-electron chi connectivity index (χ4n) is 0.972. The summed E-state index contributed by atoms with van der Waals surface area (Å²) in [5.41, 5.74) is 5.35. The first-order valence-corrected chi connectivity index (χ1v) is 6.36. The SMILES string of the molecule is NC(CCl)=Nc1ccc(Cl)cc1S(=O)(=O)O. The van der Waals surface area contributed by atoms with E-state index in [0.29, 0.717) is 0 Å². The molecule has 0 aliphatic rings. The summed E-state index contributed by atoms with van der Waals surface area (Å²) in [6, 6.07) is 3.83. The van der Waals surface area contributed by atoms with Crippen LogP contribution < -0.4 is 5.73 Å². The van der Waals surface area contributed by atoms with Gasteiger partial charge in [0.15, 0.2) is 0 Å². The van der Waals surface area contributed by atoms with Gasteiger partial charge in [-0.3, -0.25) is 4.55 Å². The van der Waals surface area contributed by atoms with Gasteiger partial charge in [0.25, 0.3) is 10.1 Å². The molecule has 5 nitrogen and oxygen atoms in total. The molecule has 0 atom stereocenters. The van der Waals surface area contributed by atoms with Crippen LogP contribution in [0.1, 0.15) is 0 Å². The molecule has 0 amide bonds. The van der Waals surface area contributed by atoms with E-state index in [2.05, 4.69) is 4.99 Å². The van der Waals surface area contributed by atoms with Crippen molar-refractivity contribution in [2.24, 2.45) is 10.7 Å². The van der Waals surface area contributed by atoms with Gasteiger partial charge in [0, 0.05) is 5.02 Å². The van der Waals surface area contributed by atoms with Crippen molar-refractivity contribution >= 4 is 44.8 Å².